The highest BCUT2D eigenvalue weighted by atomic mass is 32.1. The quantitative estimate of drug-likeness (QED) is 0.400. The molecule has 1 saturated heterocycles. The van der Waals surface area contributed by atoms with Crippen molar-refractivity contribution >= 4 is 29.2 Å². The van der Waals surface area contributed by atoms with Crippen molar-refractivity contribution in [3.05, 3.63) is 47.5 Å². The third-order valence-corrected chi connectivity index (χ3v) is 4.35. The first-order valence-corrected chi connectivity index (χ1v) is 9.68. The van der Waals surface area contributed by atoms with E-state index in [2.05, 4.69) is 35.9 Å². The molecule has 0 amide bonds. The Morgan fingerprint density at radius 3 is 2.82 bits per heavy atom. The van der Waals surface area contributed by atoms with E-state index >= 15 is 0 Å². The molecule has 9 heteroatoms. The summed E-state index contributed by atoms with van der Waals surface area (Å²) in [5, 5.41) is 9.88. The van der Waals surface area contributed by atoms with Crippen molar-refractivity contribution in [1.29, 1.82) is 0 Å². The predicted octanol–water partition coefficient (Wildman–Crippen LogP) is 2.10. The van der Waals surface area contributed by atoms with Gasteiger partial charge in [-0.25, -0.2) is 15.0 Å². The molecule has 3 heterocycles. The number of guanidine groups is 1. The highest BCUT2D eigenvalue weighted by Gasteiger charge is 2.15. The van der Waals surface area contributed by atoms with Crippen molar-refractivity contribution < 1.29 is 4.74 Å². The summed E-state index contributed by atoms with van der Waals surface area (Å²) in [6.07, 6.45) is 5.86. The Balaban J connectivity index is 1.66. The molecule has 0 radical (unpaired) electrons. The van der Waals surface area contributed by atoms with Gasteiger partial charge in [0, 0.05) is 36.9 Å². The fraction of sp³-hybridized carbons (Fsp3) is 0.421. The van der Waals surface area contributed by atoms with E-state index in [1.807, 2.05) is 32.0 Å². The molecule has 1 aliphatic rings. The average Bonchev–Trinajstić information content (AvgIpc) is 3.18. The highest BCUT2D eigenvalue weighted by Crippen LogP contribution is 2.10. The molecule has 1 aliphatic heterocycles. The number of aromatic nitrogens is 3. The number of pyridine rings is 1. The predicted molar refractivity (Wildman–Crippen MR) is 113 cm³/mol. The number of rotatable bonds is 5. The van der Waals surface area contributed by atoms with E-state index in [0.29, 0.717) is 30.1 Å². The minimum Gasteiger partial charge on any atom is -0.376 e. The number of nitrogens with zero attached hydrogens (tertiary/aromatic N) is 4. The molecule has 1 fully saturated rings. The standard InChI is InChI=1S/C19H25N7OS/c1-13-9-14(2)24-18(23-13)25-17(21-11-15-5-3-7-20-10-15)26-19(28)22-12-16-6-4-8-27-16/h3,5,7,9-10,16H,4,6,8,11-12H2,1-2H3,(H3,21,22,23,24,25,26,28). The monoisotopic (exact) mass is 399 g/mol. The van der Waals surface area contributed by atoms with Crippen molar-refractivity contribution in [2.45, 2.75) is 39.3 Å². The van der Waals surface area contributed by atoms with Crippen LogP contribution in [0.4, 0.5) is 5.95 Å². The minimum absolute atomic E-state index is 0.200. The lowest BCUT2D eigenvalue weighted by Crippen LogP contribution is -2.45. The summed E-state index contributed by atoms with van der Waals surface area (Å²) in [5.41, 5.74) is 2.74. The van der Waals surface area contributed by atoms with Crippen LogP contribution in [0.3, 0.4) is 0 Å². The summed E-state index contributed by atoms with van der Waals surface area (Å²) in [4.78, 5) is 17.5. The van der Waals surface area contributed by atoms with Gasteiger partial charge in [-0.3, -0.25) is 10.3 Å². The third kappa shape index (κ3) is 6.50. The van der Waals surface area contributed by atoms with Gasteiger partial charge in [0.15, 0.2) is 5.11 Å². The van der Waals surface area contributed by atoms with Gasteiger partial charge in [0.05, 0.1) is 12.6 Å². The first-order chi connectivity index (χ1) is 13.6. The lowest BCUT2D eigenvalue weighted by molar-refractivity contribution is 0.114. The first-order valence-electron chi connectivity index (χ1n) is 9.27. The van der Waals surface area contributed by atoms with Crippen LogP contribution in [0.15, 0.2) is 35.6 Å². The Kier molecular flexibility index (Phi) is 7.21. The molecule has 2 aromatic rings. The van der Waals surface area contributed by atoms with E-state index < -0.39 is 0 Å². The number of hydrogen-bond donors (Lipinski definition) is 3. The van der Waals surface area contributed by atoms with Crippen LogP contribution in [0.1, 0.15) is 29.8 Å². The Morgan fingerprint density at radius 1 is 1.32 bits per heavy atom. The number of nitrogens with one attached hydrogen (secondary N) is 3. The first kappa shape index (κ1) is 20.1. The number of ether oxygens (including phenoxy) is 1. The third-order valence-electron chi connectivity index (χ3n) is 4.10. The number of thiocarbonyl (C=S) groups is 1. The van der Waals surface area contributed by atoms with Crippen molar-refractivity contribution in [3.63, 3.8) is 0 Å². The highest BCUT2D eigenvalue weighted by molar-refractivity contribution is 7.80. The smallest absolute Gasteiger partial charge is 0.229 e. The molecule has 0 bridgehead atoms. The second-order valence-corrected chi connectivity index (χ2v) is 7.00. The molecule has 148 valence electrons. The molecule has 3 rings (SSSR count). The molecule has 2 aromatic heterocycles. The maximum Gasteiger partial charge on any atom is 0.229 e. The van der Waals surface area contributed by atoms with Gasteiger partial charge in [-0.2, -0.15) is 0 Å². The van der Waals surface area contributed by atoms with Gasteiger partial charge in [0.25, 0.3) is 0 Å². The zero-order valence-corrected chi connectivity index (χ0v) is 16.9. The second-order valence-electron chi connectivity index (χ2n) is 6.60. The van der Waals surface area contributed by atoms with Crippen LogP contribution < -0.4 is 16.0 Å². The molecule has 0 aromatic carbocycles. The maximum absolute atomic E-state index is 5.61. The average molecular weight is 400 g/mol. The van der Waals surface area contributed by atoms with E-state index in [0.717, 1.165) is 36.4 Å². The second kappa shape index (κ2) is 10.0. The Bertz CT molecular complexity index is 802. The van der Waals surface area contributed by atoms with E-state index in [9.17, 15) is 0 Å². The number of aliphatic imine (C=N–C) groups is 1. The van der Waals surface area contributed by atoms with Crippen LogP contribution in [0, 0.1) is 13.8 Å². The number of aryl methyl sites for hydroxylation is 2. The SMILES string of the molecule is Cc1cc(C)nc(NC(=NCc2cccnc2)NC(=S)NCC2CCCO2)n1. The van der Waals surface area contributed by atoms with E-state index in [1.54, 1.807) is 12.4 Å². The minimum atomic E-state index is 0.200. The topological polar surface area (TPSA) is 96.4 Å². The fourth-order valence-corrected chi connectivity index (χ4v) is 3.00. The van der Waals surface area contributed by atoms with Crippen LogP contribution in [0.25, 0.3) is 0 Å². The number of anilines is 1. The molecule has 1 unspecified atom stereocenters. The molecule has 28 heavy (non-hydrogen) atoms. The van der Waals surface area contributed by atoms with Crippen LogP contribution >= 0.6 is 12.2 Å². The normalized spacial score (nSPS) is 16.6. The van der Waals surface area contributed by atoms with E-state index in [4.69, 9.17) is 17.0 Å². The van der Waals surface area contributed by atoms with Gasteiger partial charge in [0.1, 0.15) is 0 Å². The summed E-state index contributed by atoms with van der Waals surface area (Å²) in [7, 11) is 0. The Morgan fingerprint density at radius 2 is 2.14 bits per heavy atom. The summed E-state index contributed by atoms with van der Waals surface area (Å²) in [5.74, 6) is 0.940. The van der Waals surface area contributed by atoms with Crippen LogP contribution in [-0.4, -0.2) is 45.3 Å². The van der Waals surface area contributed by atoms with Crippen LogP contribution in [0.2, 0.25) is 0 Å². The molecular weight excluding hydrogens is 374 g/mol. The number of hydrogen-bond acceptors (Lipinski definition) is 6. The molecule has 8 nitrogen and oxygen atoms in total. The van der Waals surface area contributed by atoms with Crippen molar-refractivity contribution in [2.24, 2.45) is 4.99 Å². The summed E-state index contributed by atoms with van der Waals surface area (Å²) in [6, 6.07) is 5.76. The van der Waals surface area contributed by atoms with Crippen molar-refractivity contribution in [2.75, 3.05) is 18.5 Å². The van der Waals surface area contributed by atoms with Gasteiger partial charge < -0.3 is 15.4 Å². The lowest BCUT2D eigenvalue weighted by Gasteiger charge is -2.16. The molecule has 0 aliphatic carbocycles. The van der Waals surface area contributed by atoms with Gasteiger partial charge in [-0.15, -0.1) is 0 Å². The summed E-state index contributed by atoms with van der Waals surface area (Å²) >= 11 is 5.41. The Hall–Kier alpha value is -2.65. The lowest BCUT2D eigenvalue weighted by atomic mass is 10.2. The zero-order valence-electron chi connectivity index (χ0n) is 16.1. The van der Waals surface area contributed by atoms with Crippen molar-refractivity contribution in [1.82, 2.24) is 25.6 Å². The van der Waals surface area contributed by atoms with Gasteiger partial charge in [0.2, 0.25) is 11.9 Å². The van der Waals surface area contributed by atoms with Gasteiger partial charge in [-0.1, -0.05) is 6.07 Å². The maximum atomic E-state index is 5.61. The van der Waals surface area contributed by atoms with Gasteiger partial charge >= 0.3 is 0 Å². The molecule has 0 spiro atoms. The zero-order chi connectivity index (χ0) is 19.8. The molecule has 3 N–H and O–H groups in total. The van der Waals surface area contributed by atoms with Crippen LogP contribution in [-0.2, 0) is 11.3 Å². The molecular formula is C19H25N7OS. The summed E-state index contributed by atoms with van der Waals surface area (Å²) in [6.45, 7) is 5.78. The van der Waals surface area contributed by atoms with Gasteiger partial charge in [-0.05, 0) is 56.6 Å². The van der Waals surface area contributed by atoms with Crippen LogP contribution in [0.5, 0.6) is 0 Å². The van der Waals surface area contributed by atoms with Crippen molar-refractivity contribution in [3.8, 4) is 0 Å². The van der Waals surface area contributed by atoms with E-state index in [1.165, 1.54) is 0 Å². The largest absolute Gasteiger partial charge is 0.376 e. The summed E-state index contributed by atoms with van der Waals surface area (Å²) < 4.78 is 5.61. The molecule has 1 atom stereocenters. The van der Waals surface area contributed by atoms with E-state index in [-0.39, 0.29) is 6.10 Å². The molecule has 0 saturated carbocycles. The fourth-order valence-electron chi connectivity index (χ4n) is 2.82. The Labute approximate surface area is 170 Å².